The number of piperidine rings is 1. The number of hydrogen-bond acceptors (Lipinski definition) is 8. The van der Waals surface area contributed by atoms with Gasteiger partial charge in [-0.25, -0.2) is 13.2 Å². The lowest BCUT2D eigenvalue weighted by Crippen LogP contribution is -2.35. The molecule has 3 rings (SSSR count). The van der Waals surface area contributed by atoms with E-state index < -0.39 is 33.4 Å². The van der Waals surface area contributed by atoms with Gasteiger partial charge in [-0.1, -0.05) is 18.0 Å². The minimum Gasteiger partial charge on any atom is -0.452 e. The van der Waals surface area contributed by atoms with Crippen molar-refractivity contribution >= 4 is 44.9 Å². The molecule has 1 fully saturated rings. The molecular weight excluding hydrogens is 488 g/mol. The van der Waals surface area contributed by atoms with Crippen LogP contribution in [0.5, 0.6) is 0 Å². The topological polar surface area (TPSA) is 160 Å². The molecule has 1 aliphatic rings. The molecule has 0 atom stereocenters. The fourth-order valence-electron chi connectivity index (χ4n) is 3.32. The van der Waals surface area contributed by atoms with Crippen LogP contribution in [0.25, 0.3) is 0 Å². The molecule has 1 N–H and O–H groups in total. The number of nitro benzene ring substituents is 1. The first-order chi connectivity index (χ1) is 16.1. The predicted molar refractivity (Wildman–Crippen MR) is 121 cm³/mol. The average Bonchev–Trinajstić information content (AvgIpc) is 2.83. The first-order valence-corrected chi connectivity index (χ1v) is 11.9. The van der Waals surface area contributed by atoms with Crippen LogP contribution in [-0.4, -0.2) is 49.2 Å². The zero-order chi connectivity index (χ0) is 24.9. The Balaban J connectivity index is 1.69. The van der Waals surface area contributed by atoms with Crippen LogP contribution in [0.3, 0.4) is 0 Å². The minimum absolute atomic E-state index is 0.00167. The summed E-state index contributed by atoms with van der Waals surface area (Å²) in [5.41, 5.74) is -0.690. The quantitative estimate of drug-likeness (QED) is 0.340. The minimum atomic E-state index is -3.82. The number of sulfonamides is 1. The van der Waals surface area contributed by atoms with Gasteiger partial charge in [0.15, 0.2) is 6.61 Å². The number of amides is 1. The summed E-state index contributed by atoms with van der Waals surface area (Å²) in [5.74, 6) is -1.83. The molecule has 13 heteroatoms. The Labute approximate surface area is 200 Å². The van der Waals surface area contributed by atoms with Gasteiger partial charge in [-0.2, -0.15) is 9.57 Å². The van der Waals surface area contributed by atoms with Gasteiger partial charge in [-0.3, -0.25) is 14.9 Å². The van der Waals surface area contributed by atoms with E-state index in [-0.39, 0.29) is 32.4 Å². The molecule has 0 spiro atoms. The third-order valence-electron chi connectivity index (χ3n) is 5.05. The zero-order valence-electron chi connectivity index (χ0n) is 17.7. The molecule has 0 bridgehead atoms. The number of ether oxygens (including phenoxy) is 1. The van der Waals surface area contributed by atoms with Crippen LogP contribution in [0, 0.1) is 21.4 Å². The number of esters is 1. The number of benzene rings is 2. The van der Waals surface area contributed by atoms with Crippen molar-refractivity contribution in [3.05, 3.63) is 62.7 Å². The first kappa shape index (κ1) is 25.1. The van der Waals surface area contributed by atoms with Crippen LogP contribution >= 0.6 is 11.6 Å². The maximum absolute atomic E-state index is 12.9. The van der Waals surface area contributed by atoms with Crippen molar-refractivity contribution in [2.75, 3.05) is 25.0 Å². The maximum Gasteiger partial charge on any atom is 0.340 e. The van der Waals surface area contributed by atoms with Gasteiger partial charge >= 0.3 is 5.97 Å². The van der Waals surface area contributed by atoms with Crippen molar-refractivity contribution in [3.8, 4) is 6.07 Å². The van der Waals surface area contributed by atoms with Crippen LogP contribution in [-0.2, 0) is 19.6 Å². The number of anilines is 1. The van der Waals surface area contributed by atoms with E-state index in [2.05, 4.69) is 5.32 Å². The lowest BCUT2D eigenvalue weighted by Gasteiger charge is -2.26. The molecule has 0 unspecified atom stereocenters. The van der Waals surface area contributed by atoms with E-state index in [0.29, 0.717) is 13.1 Å². The molecule has 0 saturated carbocycles. The number of nitrogens with one attached hydrogen (secondary N) is 1. The summed E-state index contributed by atoms with van der Waals surface area (Å²) in [6.45, 7) is 0.0105. The highest BCUT2D eigenvalue weighted by molar-refractivity contribution is 7.89. The number of rotatable bonds is 7. The summed E-state index contributed by atoms with van der Waals surface area (Å²) in [7, 11) is -3.82. The van der Waals surface area contributed by atoms with Crippen molar-refractivity contribution in [1.82, 2.24) is 4.31 Å². The largest absolute Gasteiger partial charge is 0.452 e. The van der Waals surface area contributed by atoms with Gasteiger partial charge in [-0.15, -0.1) is 0 Å². The number of nitro groups is 1. The molecule has 2 aromatic rings. The highest BCUT2D eigenvalue weighted by Crippen LogP contribution is 2.26. The number of halogens is 1. The fraction of sp³-hybridized carbons (Fsp3) is 0.286. The van der Waals surface area contributed by atoms with Gasteiger partial charge in [0.1, 0.15) is 6.07 Å². The standard InChI is InChI=1S/C21H19ClN4O7S/c22-18-6-5-16(34(31,32)25-8-2-1-3-9-25)11-17(18)21(28)33-13-20(27)24-19-7-4-15(26(29)30)10-14(19)12-23/h4-7,10-11H,1-3,8-9,13H2,(H,24,27). The average molecular weight is 507 g/mol. The number of nitriles is 1. The Morgan fingerprint density at radius 3 is 2.53 bits per heavy atom. The van der Waals surface area contributed by atoms with Crippen LogP contribution in [0.2, 0.25) is 5.02 Å². The third kappa shape index (κ3) is 5.69. The van der Waals surface area contributed by atoms with Gasteiger partial charge in [0, 0.05) is 25.2 Å². The molecular formula is C21H19ClN4O7S. The summed E-state index contributed by atoms with van der Waals surface area (Å²) in [4.78, 5) is 34.7. The molecule has 1 saturated heterocycles. The van der Waals surface area contributed by atoms with E-state index in [1.54, 1.807) is 6.07 Å². The number of carbonyl (C=O) groups excluding carboxylic acids is 2. The van der Waals surface area contributed by atoms with Crippen LogP contribution < -0.4 is 5.32 Å². The Hall–Kier alpha value is -3.53. The molecule has 0 radical (unpaired) electrons. The Kier molecular flexibility index (Phi) is 7.83. The zero-order valence-corrected chi connectivity index (χ0v) is 19.3. The fourth-order valence-corrected chi connectivity index (χ4v) is 5.06. The monoisotopic (exact) mass is 506 g/mol. The molecule has 0 aromatic heterocycles. The highest BCUT2D eigenvalue weighted by atomic mass is 35.5. The molecule has 0 aliphatic carbocycles. The van der Waals surface area contributed by atoms with E-state index in [9.17, 15) is 28.1 Å². The summed E-state index contributed by atoms with van der Waals surface area (Å²) in [6, 6.07) is 8.70. The predicted octanol–water partition coefficient (Wildman–Crippen LogP) is 3.09. The summed E-state index contributed by atoms with van der Waals surface area (Å²) in [5, 5.41) is 22.2. The number of non-ortho nitro benzene ring substituents is 1. The molecule has 1 heterocycles. The van der Waals surface area contributed by atoms with Gasteiger partial charge in [0.2, 0.25) is 10.0 Å². The molecule has 2 aromatic carbocycles. The molecule has 178 valence electrons. The lowest BCUT2D eigenvalue weighted by molar-refractivity contribution is -0.384. The highest BCUT2D eigenvalue weighted by Gasteiger charge is 2.27. The third-order valence-corrected chi connectivity index (χ3v) is 7.28. The second kappa shape index (κ2) is 10.6. The van der Waals surface area contributed by atoms with E-state index in [4.69, 9.17) is 21.6 Å². The van der Waals surface area contributed by atoms with Gasteiger partial charge in [0.05, 0.1) is 31.7 Å². The van der Waals surface area contributed by atoms with Crippen molar-refractivity contribution in [3.63, 3.8) is 0 Å². The van der Waals surface area contributed by atoms with E-state index >= 15 is 0 Å². The van der Waals surface area contributed by atoms with Crippen molar-refractivity contribution < 1.29 is 27.7 Å². The van der Waals surface area contributed by atoms with Crippen molar-refractivity contribution in [2.45, 2.75) is 24.2 Å². The van der Waals surface area contributed by atoms with Crippen LogP contribution in [0.15, 0.2) is 41.3 Å². The van der Waals surface area contributed by atoms with Gasteiger partial charge < -0.3 is 10.1 Å². The summed E-state index contributed by atoms with van der Waals surface area (Å²) >= 11 is 6.05. The molecule has 1 amide bonds. The van der Waals surface area contributed by atoms with Gasteiger partial charge in [-0.05, 0) is 37.1 Å². The van der Waals surface area contributed by atoms with Gasteiger partial charge in [0.25, 0.3) is 11.6 Å². The van der Waals surface area contributed by atoms with Crippen molar-refractivity contribution in [2.24, 2.45) is 0 Å². The lowest BCUT2D eigenvalue weighted by atomic mass is 10.1. The van der Waals surface area contributed by atoms with E-state index in [0.717, 1.165) is 37.5 Å². The second-order valence-electron chi connectivity index (χ2n) is 7.33. The molecule has 1 aliphatic heterocycles. The van der Waals surface area contributed by atoms with Crippen molar-refractivity contribution in [1.29, 1.82) is 5.26 Å². The Morgan fingerprint density at radius 2 is 1.88 bits per heavy atom. The first-order valence-electron chi connectivity index (χ1n) is 10.1. The number of hydrogen-bond donors (Lipinski definition) is 1. The Morgan fingerprint density at radius 1 is 1.18 bits per heavy atom. The second-order valence-corrected chi connectivity index (χ2v) is 9.67. The Bertz CT molecular complexity index is 1280. The van der Waals surface area contributed by atoms with E-state index in [1.807, 2.05) is 0 Å². The number of nitrogens with zero attached hydrogens (tertiary/aromatic N) is 3. The molecule has 34 heavy (non-hydrogen) atoms. The normalized spacial score (nSPS) is 14.1. The number of carbonyl (C=O) groups is 2. The van der Waals surface area contributed by atoms with Crippen LogP contribution in [0.1, 0.15) is 35.2 Å². The maximum atomic E-state index is 12.9. The SMILES string of the molecule is N#Cc1cc([N+](=O)[O-])ccc1NC(=O)COC(=O)c1cc(S(=O)(=O)N2CCCCC2)ccc1Cl. The van der Waals surface area contributed by atoms with E-state index in [1.165, 1.54) is 22.5 Å². The smallest absolute Gasteiger partial charge is 0.340 e. The summed E-state index contributed by atoms with van der Waals surface area (Å²) in [6.07, 6.45) is 2.44. The molecule has 11 nitrogen and oxygen atoms in total. The summed E-state index contributed by atoms with van der Waals surface area (Å²) < 4.78 is 32.0. The van der Waals surface area contributed by atoms with Crippen LogP contribution in [0.4, 0.5) is 11.4 Å².